The Morgan fingerprint density at radius 1 is 1.15 bits per heavy atom. The van der Waals surface area contributed by atoms with Crippen molar-refractivity contribution in [1.82, 2.24) is 15.1 Å². The Balaban J connectivity index is 1.89. The summed E-state index contributed by atoms with van der Waals surface area (Å²) in [5.41, 5.74) is 1.33. The summed E-state index contributed by atoms with van der Waals surface area (Å²) in [7, 11) is 0. The molecule has 1 aromatic carbocycles. The monoisotopic (exact) mass is 275 g/mol. The highest BCUT2D eigenvalue weighted by atomic mass is 16.3. The quantitative estimate of drug-likeness (QED) is 0.600. The van der Waals surface area contributed by atoms with E-state index in [1.54, 1.807) is 0 Å². The number of benzene rings is 1. The Morgan fingerprint density at radius 3 is 2.55 bits per heavy atom. The zero-order valence-electron chi connectivity index (χ0n) is 10.5. The normalized spacial score (nSPS) is 14.1. The van der Waals surface area contributed by atoms with Crippen LogP contribution in [0.25, 0.3) is 0 Å². The molecule has 0 unspecified atom stereocenters. The number of nitrogens with zero attached hydrogens (tertiary/aromatic N) is 1. The molecule has 4 N–H and O–H groups in total. The molecule has 2 heterocycles. The summed E-state index contributed by atoms with van der Waals surface area (Å²) < 4.78 is 0. The minimum atomic E-state index is -0.331. The van der Waals surface area contributed by atoms with Gasteiger partial charge in [0.2, 0.25) is 0 Å². The fourth-order valence-corrected chi connectivity index (χ4v) is 2.39. The van der Waals surface area contributed by atoms with E-state index in [0.29, 0.717) is 18.5 Å². The molecule has 0 atom stereocenters. The van der Waals surface area contributed by atoms with E-state index < -0.39 is 0 Å². The van der Waals surface area contributed by atoms with Crippen LogP contribution in [0.1, 0.15) is 21.6 Å². The Hall–Kier alpha value is -2.70. The van der Waals surface area contributed by atoms with Gasteiger partial charge in [0, 0.05) is 30.3 Å². The van der Waals surface area contributed by atoms with Gasteiger partial charge in [-0.3, -0.25) is 14.7 Å². The number of carbonyl (C=O) groups excluding carboxylic acids is 1. The molecule has 0 radical (unpaired) electrons. The van der Waals surface area contributed by atoms with E-state index in [9.17, 15) is 19.8 Å². The van der Waals surface area contributed by atoms with Gasteiger partial charge in [0.15, 0.2) is 0 Å². The van der Waals surface area contributed by atoms with Crippen LogP contribution in [0.4, 0.5) is 0 Å². The summed E-state index contributed by atoms with van der Waals surface area (Å²) in [6.07, 6.45) is 0.560. The van der Waals surface area contributed by atoms with Crippen LogP contribution in [-0.4, -0.2) is 37.8 Å². The molecule has 1 aliphatic heterocycles. The third kappa shape index (κ3) is 2.03. The van der Waals surface area contributed by atoms with Crippen molar-refractivity contribution in [2.45, 2.75) is 13.0 Å². The fourth-order valence-electron chi connectivity index (χ4n) is 2.39. The van der Waals surface area contributed by atoms with Gasteiger partial charge in [-0.1, -0.05) is 0 Å². The minimum absolute atomic E-state index is 0.175. The molecule has 104 valence electrons. The van der Waals surface area contributed by atoms with Crippen molar-refractivity contribution < 1.29 is 15.0 Å². The van der Waals surface area contributed by atoms with Crippen molar-refractivity contribution in [3.8, 4) is 11.5 Å². The maximum absolute atomic E-state index is 12.3. The summed E-state index contributed by atoms with van der Waals surface area (Å²) in [6.45, 7) is 0.680. The maximum atomic E-state index is 12.3. The first-order valence-corrected chi connectivity index (χ1v) is 6.15. The van der Waals surface area contributed by atoms with Gasteiger partial charge in [0.25, 0.3) is 11.5 Å². The summed E-state index contributed by atoms with van der Waals surface area (Å²) in [6, 6.07) is 3.74. The summed E-state index contributed by atoms with van der Waals surface area (Å²) >= 11 is 0. The Morgan fingerprint density at radius 2 is 1.85 bits per heavy atom. The molecule has 7 heteroatoms. The molecule has 0 bridgehead atoms. The Kier molecular flexibility index (Phi) is 2.74. The largest absolute Gasteiger partial charge is 0.508 e. The predicted octanol–water partition coefficient (Wildman–Crippen LogP) is 0.313. The third-order valence-electron chi connectivity index (χ3n) is 3.38. The van der Waals surface area contributed by atoms with E-state index in [1.165, 1.54) is 17.0 Å². The lowest BCUT2D eigenvalue weighted by atomic mass is 10.1. The average molecular weight is 275 g/mol. The average Bonchev–Trinajstić information content (AvgIpc) is 2.78. The SMILES string of the molecule is O=C(c1cc(O)cc(O)c1)N1CCc2[nH][nH]c(=O)c2C1. The number of rotatable bonds is 1. The molecular weight excluding hydrogens is 262 g/mol. The standard InChI is InChI=1S/C13H13N3O4/c17-8-3-7(4-9(18)5-8)13(20)16-2-1-11-10(6-16)12(19)15-14-11/h3-5,17-18H,1-2,6H2,(H2,14,15,19). The van der Waals surface area contributed by atoms with Gasteiger partial charge in [0.1, 0.15) is 11.5 Å². The van der Waals surface area contributed by atoms with E-state index in [1.807, 2.05) is 0 Å². The minimum Gasteiger partial charge on any atom is -0.508 e. The van der Waals surface area contributed by atoms with Gasteiger partial charge in [-0.15, -0.1) is 0 Å². The Bertz CT molecular complexity index is 711. The Labute approximate surface area is 113 Å². The van der Waals surface area contributed by atoms with Gasteiger partial charge in [-0.05, 0) is 12.1 Å². The number of phenolic OH excluding ortho intramolecular Hbond substituents is 2. The molecule has 0 aliphatic carbocycles. The number of fused-ring (bicyclic) bond motifs is 1. The van der Waals surface area contributed by atoms with E-state index in [-0.39, 0.29) is 35.1 Å². The highest BCUT2D eigenvalue weighted by molar-refractivity contribution is 5.95. The van der Waals surface area contributed by atoms with Gasteiger partial charge in [0.05, 0.1) is 12.1 Å². The van der Waals surface area contributed by atoms with Crippen LogP contribution < -0.4 is 5.56 Å². The first kappa shape index (κ1) is 12.3. The van der Waals surface area contributed by atoms with Crippen LogP contribution in [0.5, 0.6) is 11.5 Å². The second-order valence-corrected chi connectivity index (χ2v) is 4.75. The third-order valence-corrected chi connectivity index (χ3v) is 3.38. The van der Waals surface area contributed by atoms with Gasteiger partial charge in [-0.25, -0.2) is 0 Å². The molecule has 0 spiro atoms. The smallest absolute Gasteiger partial charge is 0.269 e. The molecule has 20 heavy (non-hydrogen) atoms. The number of hydrogen-bond donors (Lipinski definition) is 4. The summed E-state index contributed by atoms with van der Waals surface area (Å²) in [5, 5.41) is 24.1. The second-order valence-electron chi connectivity index (χ2n) is 4.75. The highest BCUT2D eigenvalue weighted by Crippen LogP contribution is 2.23. The van der Waals surface area contributed by atoms with Gasteiger partial charge < -0.3 is 20.2 Å². The number of phenols is 2. The maximum Gasteiger partial charge on any atom is 0.269 e. The first-order valence-electron chi connectivity index (χ1n) is 6.15. The summed E-state index contributed by atoms with van der Waals surface area (Å²) in [4.78, 5) is 25.4. The van der Waals surface area contributed by atoms with E-state index in [2.05, 4.69) is 10.2 Å². The molecule has 1 aliphatic rings. The van der Waals surface area contributed by atoms with Crippen LogP contribution in [-0.2, 0) is 13.0 Å². The van der Waals surface area contributed by atoms with E-state index in [0.717, 1.165) is 11.8 Å². The van der Waals surface area contributed by atoms with E-state index in [4.69, 9.17) is 0 Å². The molecule has 2 aromatic rings. The molecular formula is C13H13N3O4. The molecule has 0 saturated heterocycles. The van der Waals surface area contributed by atoms with E-state index >= 15 is 0 Å². The molecule has 0 fully saturated rings. The molecule has 0 saturated carbocycles. The lowest BCUT2D eigenvalue weighted by Gasteiger charge is -2.26. The number of amides is 1. The van der Waals surface area contributed by atoms with Crippen molar-refractivity contribution in [3.05, 3.63) is 45.4 Å². The van der Waals surface area contributed by atoms with Crippen LogP contribution in [0.15, 0.2) is 23.0 Å². The topological polar surface area (TPSA) is 109 Å². The molecule has 1 amide bonds. The lowest BCUT2D eigenvalue weighted by Crippen LogP contribution is -2.37. The number of aromatic nitrogens is 2. The number of H-pyrrole nitrogens is 2. The molecule has 3 rings (SSSR count). The fraction of sp³-hybridized carbons (Fsp3) is 0.231. The number of aromatic amines is 2. The van der Waals surface area contributed by atoms with Crippen LogP contribution in [0, 0.1) is 0 Å². The van der Waals surface area contributed by atoms with Crippen LogP contribution >= 0.6 is 0 Å². The van der Waals surface area contributed by atoms with Crippen molar-refractivity contribution in [2.24, 2.45) is 0 Å². The zero-order valence-corrected chi connectivity index (χ0v) is 10.5. The van der Waals surface area contributed by atoms with Crippen molar-refractivity contribution in [1.29, 1.82) is 0 Å². The highest BCUT2D eigenvalue weighted by Gasteiger charge is 2.25. The van der Waals surface area contributed by atoms with Crippen LogP contribution in [0.3, 0.4) is 0 Å². The number of nitrogens with one attached hydrogen (secondary N) is 2. The van der Waals surface area contributed by atoms with Crippen molar-refractivity contribution in [3.63, 3.8) is 0 Å². The zero-order chi connectivity index (χ0) is 14.3. The second kappa shape index (κ2) is 4.44. The van der Waals surface area contributed by atoms with Crippen LogP contribution in [0.2, 0.25) is 0 Å². The van der Waals surface area contributed by atoms with Gasteiger partial charge in [-0.2, -0.15) is 0 Å². The van der Waals surface area contributed by atoms with Crippen molar-refractivity contribution >= 4 is 5.91 Å². The first-order chi connectivity index (χ1) is 9.54. The van der Waals surface area contributed by atoms with Crippen molar-refractivity contribution in [2.75, 3.05) is 6.54 Å². The predicted molar refractivity (Wildman–Crippen MR) is 69.6 cm³/mol. The summed E-state index contributed by atoms with van der Waals surface area (Å²) in [5.74, 6) is -0.682. The number of carbonyl (C=O) groups is 1. The van der Waals surface area contributed by atoms with Gasteiger partial charge >= 0.3 is 0 Å². The molecule has 7 nitrogen and oxygen atoms in total. The lowest BCUT2D eigenvalue weighted by molar-refractivity contribution is 0.0733. The molecule has 1 aromatic heterocycles. The number of aromatic hydroxyl groups is 2. The number of hydrogen-bond acceptors (Lipinski definition) is 4.